The van der Waals surface area contributed by atoms with Crippen LogP contribution >= 0.6 is 0 Å². The SMILES string of the molecule is c1cc(-c2cc(-c3ccc4c(c3)c3ccccc3n4-c3ccc4oc5c(-n6c7ccccc7c7ccccc76)cccc5c4c3)c3oc4ccc(-n5c6ccccc6c6ccccc65)cc4c3c2)cc(-n2c3ccccc3c3ccccc32)c1. The zero-order valence-corrected chi connectivity index (χ0v) is 45.2. The highest BCUT2D eigenvalue weighted by molar-refractivity contribution is 6.18. The van der Waals surface area contributed by atoms with Crippen molar-refractivity contribution in [3.8, 4) is 45.0 Å². The van der Waals surface area contributed by atoms with Gasteiger partial charge >= 0.3 is 0 Å². The predicted molar refractivity (Wildman–Crippen MR) is 349 cm³/mol. The summed E-state index contributed by atoms with van der Waals surface area (Å²) >= 11 is 0. The third-order valence-electron chi connectivity index (χ3n) is 17.9. The van der Waals surface area contributed by atoms with E-state index in [1.807, 2.05) is 0 Å². The number of hydrogen-bond acceptors (Lipinski definition) is 2. The molecule has 0 saturated carbocycles. The molecule has 0 unspecified atom stereocenters. The first-order valence-electron chi connectivity index (χ1n) is 28.7. The van der Waals surface area contributed by atoms with Crippen molar-refractivity contribution in [3.63, 3.8) is 0 Å². The molecule has 6 heteroatoms. The van der Waals surface area contributed by atoms with Crippen molar-refractivity contribution in [2.75, 3.05) is 0 Å². The lowest BCUT2D eigenvalue weighted by atomic mass is 9.94. The van der Waals surface area contributed by atoms with E-state index in [1.54, 1.807) is 0 Å². The maximum absolute atomic E-state index is 7.14. The summed E-state index contributed by atoms with van der Waals surface area (Å²) in [7, 11) is 0. The van der Waals surface area contributed by atoms with Gasteiger partial charge in [-0.1, -0.05) is 158 Å². The molecule has 0 aliphatic rings. The molecular weight excluding hydrogens is 1020 g/mol. The molecule has 0 aliphatic carbocycles. The Kier molecular flexibility index (Phi) is 9.24. The van der Waals surface area contributed by atoms with Crippen LogP contribution in [0, 0.1) is 0 Å². The number of nitrogens with zero attached hydrogens (tertiary/aromatic N) is 4. The zero-order chi connectivity index (χ0) is 54.7. The van der Waals surface area contributed by atoms with Gasteiger partial charge in [0.05, 0.1) is 49.8 Å². The van der Waals surface area contributed by atoms with Crippen LogP contribution in [0.3, 0.4) is 0 Å². The van der Waals surface area contributed by atoms with Gasteiger partial charge in [0.15, 0.2) is 5.58 Å². The van der Waals surface area contributed by atoms with Gasteiger partial charge in [-0.05, 0) is 138 Å². The summed E-state index contributed by atoms with van der Waals surface area (Å²) in [6.45, 7) is 0. The first-order chi connectivity index (χ1) is 41.7. The molecule has 13 aromatic carbocycles. The molecule has 6 nitrogen and oxygen atoms in total. The van der Waals surface area contributed by atoms with E-state index in [2.05, 4.69) is 297 Å². The third kappa shape index (κ3) is 6.33. The van der Waals surface area contributed by atoms with E-state index in [9.17, 15) is 0 Å². The van der Waals surface area contributed by atoms with E-state index < -0.39 is 0 Å². The molecule has 0 aliphatic heterocycles. The van der Waals surface area contributed by atoms with Gasteiger partial charge in [-0.25, -0.2) is 0 Å². The average molecular weight is 1070 g/mol. The van der Waals surface area contributed by atoms with E-state index in [0.717, 1.165) is 116 Å². The Morgan fingerprint density at radius 1 is 0.202 bits per heavy atom. The third-order valence-corrected chi connectivity index (χ3v) is 17.9. The van der Waals surface area contributed by atoms with Gasteiger partial charge in [-0.15, -0.1) is 0 Å². The lowest BCUT2D eigenvalue weighted by molar-refractivity contribution is 0.666. The van der Waals surface area contributed by atoms with Crippen molar-refractivity contribution in [2.24, 2.45) is 0 Å². The summed E-state index contributed by atoms with van der Waals surface area (Å²) in [6, 6.07) is 101. The van der Waals surface area contributed by atoms with E-state index in [0.29, 0.717) is 0 Å². The highest BCUT2D eigenvalue weighted by Crippen LogP contribution is 2.45. The molecule has 0 spiro atoms. The van der Waals surface area contributed by atoms with Crippen molar-refractivity contribution in [1.82, 2.24) is 18.3 Å². The maximum Gasteiger partial charge on any atom is 0.159 e. The molecule has 0 atom stereocenters. The molecular formula is C78H46N4O2. The molecule has 0 amide bonds. The Morgan fingerprint density at radius 3 is 1.11 bits per heavy atom. The van der Waals surface area contributed by atoms with Gasteiger partial charge < -0.3 is 27.1 Å². The van der Waals surface area contributed by atoms with Crippen LogP contribution in [0.25, 0.3) is 176 Å². The van der Waals surface area contributed by atoms with E-state index >= 15 is 0 Å². The Bertz CT molecular complexity index is 5850. The first kappa shape index (κ1) is 45.4. The van der Waals surface area contributed by atoms with Crippen LogP contribution < -0.4 is 0 Å². The molecule has 0 saturated heterocycles. The monoisotopic (exact) mass is 1070 g/mol. The second-order valence-electron chi connectivity index (χ2n) is 22.4. The molecule has 84 heavy (non-hydrogen) atoms. The predicted octanol–water partition coefficient (Wildman–Crippen LogP) is 21.2. The van der Waals surface area contributed by atoms with Crippen molar-refractivity contribution >= 4 is 131 Å². The molecule has 19 aromatic rings. The van der Waals surface area contributed by atoms with Gasteiger partial charge in [0.2, 0.25) is 0 Å². The Morgan fingerprint density at radius 2 is 0.595 bits per heavy atom. The smallest absolute Gasteiger partial charge is 0.159 e. The summed E-state index contributed by atoms with van der Waals surface area (Å²) in [6.07, 6.45) is 0. The molecule has 0 fully saturated rings. The van der Waals surface area contributed by atoms with Gasteiger partial charge in [0.1, 0.15) is 16.7 Å². The fourth-order valence-corrected chi connectivity index (χ4v) is 14.3. The van der Waals surface area contributed by atoms with Gasteiger partial charge in [-0.3, -0.25) is 0 Å². The van der Waals surface area contributed by atoms with Gasteiger partial charge in [0, 0.05) is 87.3 Å². The van der Waals surface area contributed by atoms with Crippen LogP contribution in [0.15, 0.2) is 288 Å². The lowest BCUT2D eigenvalue weighted by Gasteiger charge is -2.12. The topological polar surface area (TPSA) is 46.0 Å². The number of rotatable bonds is 6. The summed E-state index contributed by atoms with van der Waals surface area (Å²) in [5, 5.41) is 14.0. The van der Waals surface area contributed by atoms with Crippen LogP contribution in [0.4, 0.5) is 0 Å². The van der Waals surface area contributed by atoms with Crippen molar-refractivity contribution in [1.29, 1.82) is 0 Å². The van der Waals surface area contributed by atoms with Gasteiger partial charge in [-0.2, -0.15) is 0 Å². The summed E-state index contributed by atoms with van der Waals surface area (Å²) in [5.74, 6) is 0. The first-order valence-corrected chi connectivity index (χ1v) is 28.7. The highest BCUT2D eigenvalue weighted by Gasteiger charge is 2.23. The van der Waals surface area contributed by atoms with Gasteiger partial charge in [0.25, 0.3) is 0 Å². The Labute approximate surface area is 479 Å². The second-order valence-corrected chi connectivity index (χ2v) is 22.4. The normalized spacial score (nSPS) is 12.3. The van der Waals surface area contributed by atoms with Crippen molar-refractivity contribution < 1.29 is 8.83 Å². The molecule has 19 rings (SSSR count). The Balaban J connectivity index is 0.808. The number of para-hydroxylation sites is 8. The van der Waals surface area contributed by atoms with E-state index in [4.69, 9.17) is 8.83 Å². The molecule has 6 aromatic heterocycles. The number of aromatic nitrogens is 4. The molecule has 0 bridgehead atoms. The quantitative estimate of drug-likeness (QED) is 0.167. The Hall–Kier alpha value is -11.3. The van der Waals surface area contributed by atoms with Crippen LogP contribution in [-0.2, 0) is 0 Å². The van der Waals surface area contributed by atoms with Crippen LogP contribution in [0.2, 0.25) is 0 Å². The largest absolute Gasteiger partial charge is 0.455 e. The van der Waals surface area contributed by atoms with E-state index in [-0.39, 0.29) is 0 Å². The number of hydrogen-bond donors (Lipinski definition) is 0. The summed E-state index contributed by atoms with van der Waals surface area (Å²) in [4.78, 5) is 0. The minimum absolute atomic E-state index is 0.842. The van der Waals surface area contributed by atoms with Crippen molar-refractivity contribution in [2.45, 2.75) is 0 Å². The molecule has 6 heterocycles. The second kappa shape index (κ2) is 17.1. The van der Waals surface area contributed by atoms with E-state index in [1.165, 1.54) is 59.8 Å². The molecule has 0 radical (unpaired) electrons. The van der Waals surface area contributed by atoms with Crippen LogP contribution in [-0.4, -0.2) is 18.3 Å². The minimum Gasteiger partial charge on any atom is -0.455 e. The summed E-state index contributed by atoms with van der Waals surface area (Å²) in [5.41, 5.74) is 21.3. The van der Waals surface area contributed by atoms with Crippen LogP contribution in [0.1, 0.15) is 0 Å². The minimum atomic E-state index is 0.842. The molecule has 0 N–H and O–H groups in total. The lowest BCUT2D eigenvalue weighted by Crippen LogP contribution is -1.94. The standard InChI is InChI=1S/C78H46N4O2/c1-8-27-66-53(19-1)54-20-2-9-28-67(54)79(66)50-18-15-17-47(41-50)49-43-61(77-65(44-49)64-46-52(37-40-76(64)83-77)80-68-29-10-3-21-55(68)56-22-4-11-30-69(56)80)48-35-38-73-62(42-48)59-25-7-12-31-70(59)81(73)51-36-39-75-63(45-51)60-26-16-34-74(78(60)84-75)82-71-32-13-5-23-57(71)58-24-6-14-33-72(58)82/h1-46H. The number of benzene rings is 13. The number of fused-ring (bicyclic) bond motifs is 18. The fourth-order valence-electron chi connectivity index (χ4n) is 14.3. The average Bonchev–Trinajstić information content (AvgIpc) is 4.56. The summed E-state index contributed by atoms with van der Waals surface area (Å²) < 4.78 is 23.6. The fraction of sp³-hybridized carbons (Fsp3) is 0. The van der Waals surface area contributed by atoms with Crippen LogP contribution in [0.5, 0.6) is 0 Å². The maximum atomic E-state index is 7.14. The van der Waals surface area contributed by atoms with Crippen molar-refractivity contribution in [3.05, 3.63) is 279 Å². The number of furan rings is 2. The highest BCUT2D eigenvalue weighted by atomic mass is 16.3. The zero-order valence-electron chi connectivity index (χ0n) is 45.2. The molecule has 390 valence electrons.